The molecule has 0 bridgehead atoms. The summed E-state index contributed by atoms with van der Waals surface area (Å²) < 4.78 is 26.7. The highest BCUT2D eigenvalue weighted by atomic mass is 19.1. The second kappa shape index (κ2) is 6.30. The molecule has 1 aromatic carbocycles. The fourth-order valence-electron chi connectivity index (χ4n) is 1.90. The lowest BCUT2D eigenvalue weighted by atomic mass is 10.1. The quantitative estimate of drug-likeness (QED) is 0.906. The minimum atomic E-state index is -0.518. The van der Waals surface area contributed by atoms with Crippen molar-refractivity contribution in [2.75, 3.05) is 10.6 Å². The minimum Gasteiger partial charge on any atom is -0.378 e. The van der Waals surface area contributed by atoms with E-state index in [0.29, 0.717) is 11.3 Å². The van der Waals surface area contributed by atoms with Crippen LogP contribution in [0.15, 0.2) is 36.7 Å². The van der Waals surface area contributed by atoms with Crippen molar-refractivity contribution < 1.29 is 13.6 Å². The molecule has 0 spiro atoms. The van der Waals surface area contributed by atoms with Gasteiger partial charge in [0.15, 0.2) is 0 Å². The van der Waals surface area contributed by atoms with Crippen molar-refractivity contribution in [3.05, 3.63) is 53.9 Å². The van der Waals surface area contributed by atoms with Crippen LogP contribution in [0.3, 0.4) is 0 Å². The summed E-state index contributed by atoms with van der Waals surface area (Å²) in [7, 11) is 0. The second-order valence-electron chi connectivity index (χ2n) is 4.68. The molecule has 0 saturated heterocycles. The molecule has 1 heterocycles. The van der Waals surface area contributed by atoms with Gasteiger partial charge >= 0.3 is 0 Å². The molecule has 1 atom stereocenters. The van der Waals surface area contributed by atoms with Gasteiger partial charge in [0.2, 0.25) is 5.91 Å². The van der Waals surface area contributed by atoms with Gasteiger partial charge in [0.1, 0.15) is 11.6 Å². The van der Waals surface area contributed by atoms with Gasteiger partial charge in [0.05, 0.1) is 17.9 Å². The van der Waals surface area contributed by atoms with E-state index in [9.17, 15) is 13.6 Å². The fraction of sp³-hybridized carbons (Fsp3) is 0.200. The van der Waals surface area contributed by atoms with Crippen LogP contribution >= 0.6 is 0 Å². The summed E-state index contributed by atoms with van der Waals surface area (Å²) in [4.78, 5) is 14.8. The van der Waals surface area contributed by atoms with Crippen molar-refractivity contribution in [2.45, 2.75) is 19.9 Å². The first-order valence-electron chi connectivity index (χ1n) is 6.40. The molecule has 2 N–H and O–H groups in total. The molecule has 0 fully saturated rings. The van der Waals surface area contributed by atoms with Gasteiger partial charge in [-0.2, -0.15) is 0 Å². The molecular formula is C15H15F2N3O. The Kier molecular flexibility index (Phi) is 4.47. The van der Waals surface area contributed by atoms with Crippen LogP contribution in [0.2, 0.25) is 0 Å². The van der Waals surface area contributed by atoms with Gasteiger partial charge in [-0.15, -0.1) is 0 Å². The third-order valence-electron chi connectivity index (χ3n) is 2.89. The third-order valence-corrected chi connectivity index (χ3v) is 2.89. The lowest BCUT2D eigenvalue weighted by Crippen LogP contribution is -2.10. The number of nitrogens with one attached hydrogen (secondary N) is 2. The smallest absolute Gasteiger partial charge is 0.221 e. The number of carbonyl (C=O) groups is 1. The van der Waals surface area contributed by atoms with Gasteiger partial charge in [-0.1, -0.05) is 0 Å². The number of benzene rings is 1. The van der Waals surface area contributed by atoms with Gasteiger partial charge in [-0.3, -0.25) is 9.78 Å². The van der Waals surface area contributed by atoms with Crippen molar-refractivity contribution in [1.82, 2.24) is 4.98 Å². The van der Waals surface area contributed by atoms with Crippen LogP contribution in [0, 0.1) is 11.6 Å². The van der Waals surface area contributed by atoms with Crippen LogP contribution in [-0.2, 0) is 4.79 Å². The average Bonchev–Trinajstić information content (AvgIpc) is 2.42. The summed E-state index contributed by atoms with van der Waals surface area (Å²) in [6.07, 6.45) is 2.68. The Morgan fingerprint density at radius 2 is 2.00 bits per heavy atom. The van der Waals surface area contributed by atoms with Gasteiger partial charge < -0.3 is 10.6 Å². The number of nitrogens with zero attached hydrogens (tertiary/aromatic N) is 1. The molecule has 21 heavy (non-hydrogen) atoms. The van der Waals surface area contributed by atoms with E-state index in [1.54, 1.807) is 12.3 Å². The molecular weight excluding hydrogens is 276 g/mol. The van der Waals surface area contributed by atoms with Crippen molar-refractivity contribution in [3.63, 3.8) is 0 Å². The maximum absolute atomic E-state index is 13.5. The molecule has 1 aromatic heterocycles. The van der Waals surface area contributed by atoms with Gasteiger partial charge in [-0.05, 0) is 36.8 Å². The molecule has 0 saturated carbocycles. The lowest BCUT2D eigenvalue weighted by molar-refractivity contribution is -0.114. The zero-order chi connectivity index (χ0) is 15.4. The van der Waals surface area contributed by atoms with Gasteiger partial charge in [-0.25, -0.2) is 8.78 Å². The highest BCUT2D eigenvalue weighted by molar-refractivity contribution is 5.89. The average molecular weight is 291 g/mol. The van der Waals surface area contributed by atoms with Gasteiger partial charge in [0.25, 0.3) is 0 Å². The van der Waals surface area contributed by atoms with Crippen molar-refractivity contribution in [3.8, 4) is 0 Å². The van der Waals surface area contributed by atoms with E-state index < -0.39 is 11.6 Å². The summed E-state index contributed by atoms with van der Waals surface area (Å²) in [5, 5.41) is 5.51. The zero-order valence-electron chi connectivity index (χ0n) is 11.7. The number of anilines is 2. The number of rotatable bonds is 4. The Morgan fingerprint density at radius 3 is 2.67 bits per heavy atom. The van der Waals surface area contributed by atoms with E-state index in [4.69, 9.17) is 0 Å². The molecule has 1 unspecified atom stereocenters. The molecule has 2 aromatic rings. The van der Waals surface area contributed by atoms with Crippen molar-refractivity contribution in [1.29, 1.82) is 0 Å². The predicted molar refractivity (Wildman–Crippen MR) is 76.9 cm³/mol. The van der Waals surface area contributed by atoms with Crippen LogP contribution in [0.25, 0.3) is 0 Å². The maximum atomic E-state index is 13.5. The number of hydrogen-bond donors (Lipinski definition) is 2. The van der Waals surface area contributed by atoms with E-state index in [0.717, 1.165) is 6.20 Å². The highest BCUT2D eigenvalue weighted by Crippen LogP contribution is 2.24. The molecule has 0 aliphatic rings. The number of hydrogen-bond acceptors (Lipinski definition) is 3. The normalized spacial score (nSPS) is 11.8. The molecule has 0 aliphatic carbocycles. The van der Waals surface area contributed by atoms with E-state index in [1.807, 2.05) is 6.92 Å². The number of carbonyl (C=O) groups excluding carboxylic acids is 1. The minimum absolute atomic E-state index is 0.0945. The topological polar surface area (TPSA) is 54.0 Å². The molecule has 0 radical (unpaired) electrons. The van der Waals surface area contributed by atoms with Crippen molar-refractivity contribution >= 4 is 17.3 Å². The SMILES string of the molecule is CC(=O)Nc1cc(NC(C)c2cncc(F)c2)ccc1F. The number of amides is 1. The third kappa shape index (κ3) is 3.98. The van der Waals surface area contributed by atoms with Gasteiger partial charge in [0, 0.05) is 18.8 Å². The Hall–Kier alpha value is -2.50. The number of pyridine rings is 1. The highest BCUT2D eigenvalue weighted by Gasteiger charge is 2.09. The molecule has 1 amide bonds. The Balaban J connectivity index is 2.17. The molecule has 4 nitrogen and oxygen atoms in total. The zero-order valence-corrected chi connectivity index (χ0v) is 11.7. The maximum Gasteiger partial charge on any atom is 0.221 e. The first-order valence-corrected chi connectivity index (χ1v) is 6.40. The molecule has 2 rings (SSSR count). The van der Waals surface area contributed by atoms with E-state index >= 15 is 0 Å². The first-order chi connectivity index (χ1) is 9.95. The largest absolute Gasteiger partial charge is 0.378 e. The van der Waals surface area contributed by atoms with Crippen LogP contribution < -0.4 is 10.6 Å². The van der Waals surface area contributed by atoms with E-state index in [1.165, 1.54) is 25.1 Å². The molecule has 110 valence electrons. The van der Waals surface area contributed by atoms with Crippen molar-refractivity contribution in [2.24, 2.45) is 0 Å². The standard InChI is InChI=1S/C15H15F2N3O/c1-9(11-5-12(16)8-18-7-11)19-13-3-4-14(17)15(6-13)20-10(2)21/h3-9,19H,1-2H3,(H,20,21). The summed E-state index contributed by atoms with van der Waals surface area (Å²) in [6, 6.07) is 5.44. The monoisotopic (exact) mass is 291 g/mol. The Labute approximate surface area is 121 Å². The Morgan fingerprint density at radius 1 is 1.24 bits per heavy atom. The summed E-state index contributed by atoms with van der Waals surface area (Å²) in [6.45, 7) is 3.14. The van der Waals surface area contributed by atoms with E-state index in [-0.39, 0.29) is 17.6 Å². The summed E-state index contributed by atoms with van der Waals surface area (Å²) >= 11 is 0. The Bertz CT molecular complexity index is 661. The van der Waals surface area contributed by atoms with E-state index in [2.05, 4.69) is 15.6 Å². The predicted octanol–water partition coefficient (Wildman–Crippen LogP) is 3.49. The first kappa shape index (κ1) is 14.9. The number of halogens is 2. The van der Waals surface area contributed by atoms with Crippen LogP contribution in [0.1, 0.15) is 25.5 Å². The lowest BCUT2D eigenvalue weighted by Gasteiger charge is -2.16. The fourth-order valence-corrected chi connectivity index (χ4v) is 1.90. The summed E-state index contributed by atoms with van der Waals surface area (Å²) in [5.41, 5.74) is 1.37. The van der Waals surface area contributed by atoms with Crippen LogP contribution in [0.4, 0.5) is 20.2 Å². The van der Waals surface area contributed by atoms with Crippen LogP contribution in [0.5, 0.6) is 0 Å². The molecule has 6 heteroatoms. The summed E-state index contributed by atoms with van der Waals surface area (Å²) in [5.74, 6) is -1.29. The molecule has 0 aliphatic heterocycles. The number of aromatic nitrogens is 1. The second-order valence-corrected chi connectivity index (χ2v) is 4.68. The van der Waals surface area contributed by atoms with Crippen LogP contribution in [-0.4, -0.2) is 10.9 Å².